The molecule has 4 nitrogen and oxygen atoms in total. The van der Waals surface area contributed by atoms with Crippen molar-refractivity contribution < 1.29 is 19.1 Å². The third-order valence-corrected chi connectivity index (χ3v) is 8.89. The van der Waals surface area contributed by atoms with Gasteiger partial charge in [-0.25, -0.2) is 0 Å². The Labute approximate surface area is 142 Å². The highest BCUT2D eigenvalue weighted by atomic mass is 28.4. The molecule has 0 rings (SSSR count). The van der Waals surface area contributed by atoms with E-state index in [1.54, 1.807) is 6.08 Å². The van der Waals surface area contributed by atoms with Gasteiger partial charge in [0.2, 0.25) is 0 Å². The predicted molar refractivity (Wildman–Crippen MR) is 96.9 cm³/mol. The molecule has 0 heterocycles. The van der Waals surface area contributed by atoms with Gasteiger partial charge in [0.25, 0.3) is 0 Å². The van der Waals surface area contributed by atoms with Crippen LogP contribution in [0.4, 0.5) is 0 Å². The number of carboxylic acids is 1. The Balaban J connectivity index is 5.18. The first-order valence-electron chi connectivity index (χ1n) is 8.03. The van der Waals surface area contributed by atoms with Crippen LogP contribution in [0.15, 0.2) is 12.7 Å². The fourth-order valence-corrected chi connectivity index (χ4v) is 3.20. The molecule has 0 aliphatic heterocycles. The van der Waals surface area contributed by atoms with Gasteiger partial charge in [0.15, 0.2) is 8.32 Å². The van der Waals surface area contributed by atoms with Crippen LogP contribution >= 0.6 is 0 Å². The summed E-state index contributed by atoms with van der Waals surface area (Å²) >= 11 is 0. The molecule has 0 saturated carbocycles. The molecule has 0 aromatic rings. The first-order chi connectivity index (χ1) is 10.5. The van der Waals surface area contributed by atoms with Crippen molar-refractivity contribution >= 4 is 14.3 Å². The second kappa shape index (κ2) is 9.26. The van der Waals surface area contributed by atoms with Crippen LogP contribution in [0.1, 0.15) is 40.5 Å². The molecular weight excluding hydrogens is 308 g/mol. The monoisotopic (exact) mass is 340 g/mol. The van der Waals surface area contributed by atoms with Gasteiger partial charge in [-0.2, -0.15) is 0 Å². The van der Waals surface area contributed by atoms with Crippen molar-refractivity contribution in [1.29, 1.82) is 0 Å². The van der Waals surface area contributed by atoms with E-state index < -0.39 is 14.3 Å². The van der Waals surface area contributed by atoms with Gasteiger partial charge in [0, 0.05) is 6.42 Å². The van der Waals surface area contributed by atoms with Gasteiger partial charge in [-0.15, -0.1) is 18.9 Å². The third kappa shape index (κ3) is 7.34. The predicted octanol–water partition coefficient (Wildman–Crippen LogP) is 4.08. The molecular formula is C18H32O4Si. The summed E-state index contributed by atoms with van der Waals surface area (Å²) in [6, 6.07) is 0. The lowest BCUT2D eigenvalue weighted by Crippen LogP contribution is -2.48. The Bertz CT molecular complexity index is 431. The van der Waals surface area contributed by atoms with E-state index in [4.69, 9.17) is 20.7 Å². The van der Waals surface area contributed by atoms with Gasteiger partial charge in [-0.3, -0.25) is 4.79 Å². The topological polar surface area (TPSA) is 55.8 Å². The van der Waals surface area contributed by atoms with E-state index in [1.165, 1.54) is 0 Å². The number of terminal acetylenes is 1. The Morgan fingerprint density at radius 1 is 1.43 bits per heavy atom. The summed E-state index contributed by atoms with van der Waals surface area (Å²) in [4.78, 5) is 10.7. The van der Waals surface area contributed by atoms with Gasteiger partial charge in [0.05, 0.1) is 25.2 Å². The van der Waals surface area contributed by atoms with Gasteiger partial charge in [-0.1, -0.05) is 33.8 Å². The maximum atomic E-state index is 10.7. The zero-order chi connectivity index (χ0) is 18.3. The molecule has 0 radical (unpaired) electrons. The first kappa shape index (κ1) is 21.9. The molecule has 0 amide bonds. The molecule has 5 heteroatoms. The molecule has 0 saturated heterocycles. The number of rotatable bonds is 10. The minimum Gasteiger partial charge on any atom is -0.481 e. The van der Waals surface area contributed by atoms with Gasteiger partial charge in [0.1, 0.15) is 0 Å². The van der Waals surface area contributed by atoms with Crippen molar-refractivity contribution in [3.05, 3.63) is 12.7 Å². The second-order valence-corrected chi connectivity index (χ2v) is 12.2. The minimum absolute atomic E-state index is 0.0385. The Hall–Kier alpha value is -1.09. The largest absolute Gasteiger partial charge is 0.481 e. The molecule has 0 aromatic heterocycles. The zero-order valence-electron chi connectivity index (χ0n) is 15.4. The molecule has 3 atom stereocenters. The van der Waals surface area contributed by atoms with Crippen molar-refractivity contribution in [1.82, 2.24) is 0 Å². The van der Waals surface area contributed by atoms with E-state index in [1.807, 2.05) is 6.92 Å². The first-order valence-corrected chi connectivity index (χ1v) is 10.9. The highest BCUT2D eigenvalue weighted by Crippen LogP contribution is 2.38. The van der Waals surface area contributed by atoms with E-state index in [-0.39, 0.29) is 36.2 Å². The zero-order valence-corrected chi connectivity index (χ0v) is 16.4. The van der Waals surface area contributed by atoms with E-state index in [9.17, 15) is 4.79 Å². The number of carboxylic acid groups (broad SMARTS) is 1. The van der Waals surface area contributed by atoms with E-state index in [0.717, 1.165) is 0 Å². The highest BCUT2D eigenvalue weighted by molar-refractivity contribution is 6.74. The minimum atomic E-state index is -2.00. The average molecular weight is 341 g/mol. The SMILES string of the molecule is C#CC[C@@H](C)[C@H](OCCC(=O)O)[C@@H](C=C)O[Si](C)(C)C(C)(C)C. The molecule has 132 valence electrons. The quantitative estimate of drug-likeness (QED) is 0.370. The summed E-state index contributed by atoms with van der Waals surface area (Å²) in [7, 11) is -2.00. The second-order valence-electron chi connectivity index (χ2n) is 7.44. The molecule has 0 unspecified atom stereocenters. The number of hydrogen-bond acceptors (Lipinski definition) is 3. The lowest BCUT2D eigenvalue weighted by molar-refractivity contribution is -0.139. The summed E-state index contributed by atoms with van der Waals surface area (Å²) in [5.74, 6) is 1.82. The molecule has 0 fully saturated rings. The fraction of sp³-hybridized carbons (Fsp3) is 0.722. The van der Waals surface area contributed by atoms with Crippen LogP contribution < -0.4 is 0 Å². The molecule has 0 bridgehead atoms. The summed E-state index contributed by atoms with van der Waals surface area (Å²) < 4.78 is 12.2. The molecule has 0 aliphatic carbocycles. The Morgan fingerprint density at radius 3 is 2.39 bits per heavy atom. The van der Waals surface area contributed by atoms with Crippen LogP contribution in [0.2, 0.25) is 18.1 Å². The summed E-state index contributed by atoms with van der Waals surface area (Å²) in [5.41, 5.74) is 0. The lowest BCUT2D eigenvalue weighted by atomic mass is 9.96. The van der Waals surface area contributed by atoms with Crippen molar-refractivity contribution in [3.8, 4) is 12.3 Å². The normalized spacial score (nSPS) is 16.2. The van der Waals surface area contributed by atoms with Crippen LogP contribution in [0, 0.1) is 18.3 Å². The standard InChI is InChI=1S/C18H32O4Si/c1-9-11-14(3)17(21-13-12-16(19)20)15(10-2)22-23(7,8)18(4,5)6/h1,10,14-15,17H,2,11-13H2,3-8H3,(H,19,20)/t14-,15-,17+/m1/s1. The van der Waals surface area contributed by atoms with Crippen molar-refractivity contribution in [2.45, 2.75) is 70.9 Å². The molecule has 0 spiro atoms. The summed E-state index contributed by atoms with van der Waals surface area (Å²) in [6.07, 6.45) is 7.09. The van der Waals surface area contributed by atoms with Gasteiger partial charge < -0.3 is 14.3 Å². The van der Waals surface area contributed by atoms with E-state index in [0.29, 0.717) is 6.42 Å². The molecule has 1 N–H and O–H groups in total. The third-order valence-electron chi connectivity index (χ3n) is 4.42. The van der Waals surface area contributed by atoms with Crippen LogP contribution in [-0.2, 0) is 14.0 Å². The van der Waals surface area contributed by atoms with Crippen molar-refractivity contribution in [3.63, 3.8) is 0 Å². The summed E-state index contributed by atoms with van der Waals surface area (Å²) in [5, 5.41) is 8.87. The van der Waals surface area contributed by atoms with Crippen LogP contribution in [0.5, 0.6) is 0 Å². The van der Waals surface area contributed by atoms with E-state index in [2.05, 4.69) is 46.4 Å². The Morgan fingerprint density at radius 2 is 2.00 bits per heavy atom. The number of hydrogen-bond donors (Lipinski definition) is 1. The number of ether oxygens (including phenoxy) is 1. The fourth-order valence-electron chi connectivity index (χ4n) is 1.93. The van der Waals surface area contributed by atoms with Gasteiger partial charge in [-0.05, 0) is 24.1 Å². The maximum Gasteiger partial charge on any atom is 0.305 e. The molecule has 23 heavy (non-hydrogen) atoms. The number of aliphatic carboxylic acids is 1. The smallest absolute Gasteiger partial charge is 0.305 e. The Kier molecular flexibility index (Phi) is 8.82. The average Bonchev–Trinajstić information content (AvgIpc) is 2.40. The van der Waals surface area contributed by atoms with Gasteiger partial charge >= 0.3 is 5.97 Å². The van der Waals surface area contributed by atoms with Crippen LogP contribution in [-0.4, -0.2) is 38.2 Å². The summed E-state index contributed by atoms with van der Waals surface area (Å²) in [6.45, 7) is 16.9. The maximum absolute atomic E-state index is 10.7. The number of carbonyl (C=O) groups is 1. The lowest BCUT2D eigenvalue weighted by Gasteiger charge is -2.41. The van der Waals surface area contributed by atoms with Crippen molar-refractivity contribution in [2.24, 2.45) is 5.92 Å². The van der Waals surface area contributed by atoms with Crippen molar-refractivity contribution in [2.75, 3.05) is 6.61 Å². The van der Waals surface area contributed by atoms with Crippen LogP contribution in [0.25, 0.3) is 0 Å². The van der Waals surface area contributed by atoms with Crippen LogP contribution in [0.3, 0.4) is 0 Å². The molecule has 0 aromatic carbocycles. The molecule has 0 aliphatic rings. The van der Waals surface area contributed by atoms with E-state index >= 15 is 0 Å². The highest BCUT2D eigenvalue weighted by Gasteiger charge is 2.41.